The second kappa shape index (κ2) is 5.03. The van der Waals surface area contributed by atoms with Crippen LogP contribution in [0.5, 0.6) is 0 Å². The van der Waals surface area contributed by atoms with E-state index in [9.17, 15) is 0 Å². The summed E-state index contributed by atoms with van der Waals surface area (Å²) in [6.45, 7) is 11.4. The molecule has 0 radical (unpaired) electrons. The summed E-state index contributed by atoms with van der Waals surface area (Å²) in [4.78, 5) is 2.57. The van der Waals surface area contributed by atoms with Crippen LogP contribution in [0.2, 0.25) is 0 Å². The Hall–Kier alpha value is -0.120. The second-order valence-electron chi connectivity index (χ2n) is 6.01. The highest BCUT2D eigenvalue weighted by Gasteiger charge is 2.32. The topological polar surface area (TPSA) is 24.5 Å². The molecule has 3 nitrogen and oxygen atoms in total. The quantitative estimate of drug-likeness (QED) is 0.774. The zero-order valence-electron chi connectivity index (χ0n) is 11.0. The van der Waals surface area contributed by atoms with Gasteiger partial charge in [-0.05, 0) is 53.1 Å². The predicted molar refractivity (Wildman–Crippen MR) is 66.7 cm³/mol. The second-order valence-corrected chi connectivity index (χ2v) is 6.01. The van der Waals surface area contributed by atoms with Gasteiger partial charge in [0.1, 0.15) is 0 Å². The van der Waals surface area contributed by atoms with Crippen molar-refractivity contribution in [1.82, 2.24) is 10.2 Å². The molecule has 0 aromatic heterocycles. The minimum atomic E-state index is 0.111. The van der Waals surface area contributed by atoms with E-state index in [0.717, 1.165) is 13.1 Å². The maximum absolute atomic E-state index is 6.07. The van der Waals surface area contributed by atoms with E-state index in [1.807, 2.05) is 0 Å². The van der Waals surface area contributed by atoms with E-state index in [-0.39, 0.29) is 5.60 Å². The maximum atomic E-state index is 6.07. The fourth-order valence-corrected chi connectivity index (χ4v) is 2.85. The van der Waals surface area contributed by atoms with Crippen molar-refractivity contribution < 1.29 is 4.74 Å². The average Bonchev–Trinajstić information content (AvgIpc) is 2.41. The van der Waals surface area contributed by atoms with Crippen LogP contribution in [-0.4, -0.2) is 48.8 Å². The van der Waals surface area contributed by atoms with Crippen LogP contribution in [0.15, 0.2) is 0 Å². The summed E-state index contributed by atoms with van der Waals surface area (Å²) in [6, 6.07) is 0.622. The van der Waals surface area contributed by atoms with Crippen LogP contribution >= 0.6 is 0 Å². The van der Waals surface area contributed by atoms with Gasteiger partial charge in [0.2, 0.25) is 0 Å². The lowest BCUT2D eigenvalue weighted by Crippen LogP contribution is -2.39. The van der Waals surface area contributed by atoms with Crippen molar-refractivity contribution in [2.45, 2.75) is 57.8 Å². The Morgan fingerprint density at radius 3 is 2.94 bits per heavy atom. The molecule has 3 heteroatoms. The summed E-state index contributed by atoms with van der Waals surface area (Å²) in [5, 5.41) is 3.53. The molecule has 2 atom stereocenters. The van der Waals surface area contributed by atoms with Crippen LogP contribution < -0.4 is 5.32 Å². The van der Waals surface area contributed by atoms with E-state index in [4.69, 9.17) is 4.74 Å². The van der Waals surface area contributed by atoms with Gasteiger partial charge in [-0.2, -0.15) is 0 Å². The molecule has 2 fully saturated rings. The first-order valence-electron chi connectivity index (χ1n) is 6.69. The zero-order valence-corrected chi connectivity index (χ0v) is 11.0. The smallest absolute Gasteiger partial charge is 0.0710 e. The standard InChI is InChI=1S/C13H26N2O/c1-11-9-15(8-4-7-14-11)10-12-5-6-13(2,3)16-12/h11-12,14H,4-10H2,1-3H3. The molecular weight excluding hydrogens is 200 g/mol. The minimum Gasteiger partial charge on any atom is -0.371 e. The number of rotatable bonds is 2. The molecule has 2 aliphatic heterocycles. The van der Waals surface area contributed by atoms with Crippen LogP contribution in [0.4, 0.5) is 0 Å². The highest BCUT2D eigenvalue weighted by atomic mass is 16.5. The lowest BCUT2D eigenvalue weighted by atomic mass is 10.1. The number of nitrogens with one attached hydrogen (secondary N) is 1. The third kappa shape index (κ3) is 3.44. The van der Waals surface area contributed by atoms with Gasteiger partial charge >= 0.3 is 0 Å². The molecule has 0 saturated carbocycles. The normalized spacial score (nSPS) is 36.2. The van der Waals surface area contributed by atoms with Crippen molar-refractivity contribution in [3.05, 3.63) is 0 Å². The van der Waals surface area contributed by atoms with Gasteiger partial charge in [-0.1, -0.05) is 0 Å². The number of hydrogen-bond acceptors (Lipinski definition) is 3. The van der Waals surface area contributed by atoms with Crippen molar-refractivity contribution in [3.8, 4) is 0 Å². The summed E-state index contributed by atoms with van der Waals surface area (Å²) >= 11 is 0. The molecular formula is C13H26N2O. The van der Waals surface area contributed by atoms with E-state index < -0.39 is 0 Å². The average molecular weight is 226 g/mol. The predicted octanol–water partition coefficient (Wildman–Crippen LogP) is 1.63. The molecule has 0 amide bonds. The third-order valence-corrected chi connectivity index (χ3v) is 3.69. The fourth-order valence-electron chi connectivity index (χ4n) is 2.85. The Kier molecular flexibility index (Phi) is 3.88. The lowest BCUT2D eigenvalue weighted by Gasteiger charge is -2.26. The van der Waals surface area contributed by atoms with Gasteiger partial charge in [-0.15, -0.1) is 0 Å². The molecule has 2 heterocycles. The van der Waals surface area contributed by atoms with E-state index in [1.165, 1.54) is 32.4 Å². The van der Waals surface area contributed by atoms with Crippen molar-refractivity contribution in [1.29, 1.82) is 0 Å². The van der Waals surface area contributed by atoms with Gasteiger partial charge in [0.05, 0.1) is 11.7 Å². The molecule has 0 aromatic carbocycles. The lowest BCUT2D eigenvalue weighted by molar-refractivity contribution is -0.0285. The molecule has 2 aliphatic rings. The fraction of sp³-hybridized carbons (Fsp3) is 1.00. The van der Waals surface area contributed by atoms with Crippen molar-refractivity contribution in [2.75, 3.05) is 26.2 Å². The summed E-state index contributed by atoms with van der Waals surface area (Å²) in [5.41, 5.74) is 0.111. The first-order chi connectivity index (χ1) is 7.55. The van der Waals surface area contributed by atoms with Gasteiger partial charge in [0, 0.05) is 19.1 Å². The highest BCUT2D eigenvalue weighted by Crippen LogP contribution is 2.29. The van der Waals surface area contributed by atoms with Crippen LogP contribution in [0.1, 0.15) is 40.0 Å². The molecule has 2 unspecified atom stereocenters. The Labute approximate surface area is 99.5 Å². The summed E-state index contributed by atoms with van der Waals surface area (Å²) < 4.78 is 6.07. The van der Waals surface area contributed by atoms with Gasteiger partial charge in [0.15, 0.2) is 0 Å². The van der Waals surface area contributed by atoms with Gasteiger partial charge in [-0.3, -0.25) is 4.90 Å². The SMILES string of the molecule is CC1CN(CC2CCC(C)(C)O2)CCCN1. The maximum Gasteiger partial charge on any atom is 0.0710 e. The molecule has 94 valence electrons. The van der Waals surface area contributed by atoms with Gasteiger partial charge < -0.3 is 10.1 Å². The molecule has 2 saturated heterocycles. The van der Waals surface area contributed by atoms with Crippen molar-refractivity contribution in [3.63, 3.8) is 0 Å². The van der Waals surface area contributed by atoms with Gasteiger partial charge in [0.25, 0.3) is 0 Å². The number of nitrogens with zero attached hydrogens (tertiary/aromatic N) is 1. The highest BCUT2D eigenvalue weighted by molar-refractivity contribution is 4.84. The van der Waals surface area contributed by atoms with E-state index in [2.05, 4.69) is 31.0 Å². The van der Waals surface area contributed by atoms with Crippen LogP contribution in [0, 0.1) is 0 Å². The monoisotopic (exact) mass is 226 g/mol. The van der Waals surface area contributed by atoms with E-state index >= 15 is 0 Å². The first kappa shape index (κ1) is 12.3. The summed E-state index contributed by atoms with van der Waals surface area (Å²) in [6.07, 6.45) is 4.16. The zero-order chi connectivity index (χ0) is 11.6. The Bertz CT molecular complexity index is 230. The molecule has 0 aliphatic carbocycles. The van der Waals surface area contributed by atoms with Crippen molar-refractivity contribution in [2.24, 2.45) is 0 Å². The van der Waals surface area contributed by atoms with E-state index in [1.54, 1.807) is 0 Å². The van der Waals surface area contributed by atoms with Crippen LogP contribution in [-0.2, 0) is 4.74 Å². The Morgan fingerprint density at radius 2 is 2.25 bits per heavy atom. The molecule has 0 bridgehead atoms. The van der Waals surface area contributed by atoms with Gasteiger partial charge in [-0.25, -0.2) is 0 Å². The first-order valence-corrected chi connectivity index (χ1v) is 6.69. The molecule has 16 heavy (non-hydrogen) atoms. The molecule has 0 spiro atoms. The van der Waals surface area contributed by atoms with E-state index in [0.29, 0.717) is 12.1 Å². The molecule has 2 rings (SSSR count). The minimum absolute atomic E-state index is 0.111. The number of hydrogen-bond donors (Lipinski definition) is 1. The largest absolute Gasteiger partial charge is 0.371 e. The number of ether oxygens (including phenoxy) is 1. The van der Waals surface area contributed by atoms with Crippen LogP contribution in [0.3, 0.4) is 0 Å². The Morgan fingerprint density at radius 1 is 1.44 bits per heavy atom. The Balaban J connectivity index is 1.80. The summed E-state index contributed by atoms with van der Waals surface area (Å²) in [7, 11) is 0. The summed E-state index contributed by atoms with van der Waals surface area (Å²) in [5.74, 6) is 0. The molecule has 1 N–H and O–H groups in total. The third-order valence-electron chi connectivity index (χ3n) is 3.69. The molecule has 0 aromatic rings. The van der Waals surface area contributed by atoms with Crippen molar-refractivity contribution >= 4 is 0 Å². The van der Waals surface area contributed by atoms with Crippen LogP contribution in [0.25, 0.3) is 0 Å².